The average Bonchev–Trinajstić information content (AvgIpc) is 2.29. The van der Waals surface area contributed by atoms with Crippen LogP contribution >= 0.6 is 0 Å². The van der Waals surface area contributed by atoms with Crippen LogP contribution in [0.25, 0.3) is 10.9 Å². The van der Waals surface area contributed by atoms with Crippen molar-refractivity contribution in [3.8, 4) is 0 Å². The van der Waals surface area contributed by atoms with E-state index in [0.29, 0.717) is 29.7 Å². The van der Waals surface area contributed by atoms with Gasteiger partial charge in [-0.15, -0.1) is 5.10 Å². The number of hydrogen-bond donors (Lipinski definition) is 1. The molecular weight excluding hydrogens is 208 g/mol. The molecule has 0 atom stereocenters. The smallest absolute Gasteiger partial charge is 0.277 e. The topological polar surface area (TPSA) is 83.0 Å². The highest BCUT2D eigenvalue weighted by Crippen LogP contribution is 2.09. The molecule has 1 aromatic carbocycles. The molecule has 0 spiro atoms. The van der Waals surface area contributed by atoms with Crippen LogP contribution < -0.4 is 11.3 Å². The average molecular weight is 220 g/mol. The Bertz CT molecular complexity index is 564. The minimum Gasteiger partial charge on any atom is -0.399 e. The van der Waals surface area contributed by atoms with Crippen LogP contribution in [0.5, 0.6) is 0 Å². The zero-order valence-electron chi connectivity index (χ0n) is 8.88. The monoisotopic (exact) mass is 220 g/mol. The molecule has 1 heterocycles. The zero-order valence-corrected chi connectivity index (χ0v) is 8.88. The van der Waals surface area contributed by atoms with E-state index in [1.807, 2.05) is 0 Å². The number of benzene rings is 1. The second-order valence-corrected chi connectivity index (χ2v) is 3.39. The molecule has 0 amide bonds. The largest absolute Gasteiger partial charge is 0.399 e. The van der Waals surface area contributed by atoms with E-state index < -0.39 is 0 Å². The molecule has 0 saturated heterocycles. The van der Waals surface area contributed by atoms with Gasteiger partial charge in [0.05, 0.1) is 18.5 Å². The van der Waals surface area contributed by atoms with Gasteiger partial charge in [-0.3, -0.25) is 4.79 Å². The summed E-state index contributed by atoms with van der Waals surface area (Å²) >= 11 is 0. The van der Waals surface area contributed by atoms with Gasteiger partial charge in [0.15, 0.2) is 0 Å². The molecule has 0 fully saturated rings. The van der Waals surface area contributed by atoms with Crippen LogP contribution in [0.1, 0.15) is 0 Å². The first-order valence-electron chi connectivity index (χ1n) is 4.84. The molecule has 2 rings (SSSR count). The van der Waals surface area contributed by atoms with Crippen LogP contribution in [0.2, 0.25) is 0 Å². The zero-order chi connectivity index (χ0) is 11.5. The van der Waals surface area contributed by atoms with Gasteiger partial charge in [0.2, 0.25) is 0 Å². The highest BCUT2D eigenvalue weighted by atomic mass is 16.5. The number of fused-ring (bicyclic) bond motifs is 1. The maximum absolute atomic E-state index is 11.9. The lowest BCUT2D eigenvalue weighted by Crippen LogP contribution is -2.26. The quantitative estimate of drug-likeness (QED) is 0.737. The van der Waals surface area contributed by atoms with Crippen molar-refractivity contribution in [1.82, 2.24) is 15.0 Å². The van der Waals surface area contributed by atoms with Gasteiger partial charge in [-0.2, -0.15) is 0 Å². The van der Waals surface area contributed by atoms with Crippen molar-refractivity contribution in [1.29, 1.82) is 0 Å². The van der Waals surface area contributed by atoms with Crippen LogP contribution in [-0.2, 0) is 11.3 Å². The van der Waals surface area contributed by atoms with Crippen molar-refractivity contribution in [3.63, 3.8) is 0 Å². The van der Waals surface area contributed by atoms with Crippen molar-refractivity contribution in [2.75, 3.05) is 19.5 Å². The van der Waals surface area contributed by atoms with Crippen molar-refractivity contribution in [2.24, 2.45) is 0 Å². The van der Waals surface area contributed by atoms with Gasteiger partial charge in [0.1, 0.15) is 5.52 Å². The molecular formula is C10H12N4O2. The third-order valence-electron chi connectivity index (χ3n) is 2.25. The highest BCUT2D eigenvalue weighted by molar-refractivity contribution is 5.80. The SMILES string of the molecule is COCCn1nnc2ccc(N)cc2c1=O. The van der Waals surface area contributed by atoms with Crippen molar-refractivity contribution < 1.29 is 4.74 Å². The summed E-state index contributed by atoms with van der Waals surface area (Å²) in [6.07, 6.45) is 0. The summed E-state index contributed by atoms with van der Waals surface area (Å²) in [4.78, 5) is 11.9. The first-order valence-corrected chi connectivity index (χ1v) is 4.84. The van der Waals surface area contributed by atoms with Crippen LogP contribution in [0, 0.1) is 0 Å². The summed E-state index contributed by atoms with van der Waals surface area (Å²) in [5.74, 6) is 0. The molecule has 0 aliphatic carbocycles. The molecule has 2 N–H and O–H groups in total. The van der Waals surface area contributed by atoms with E-state index in [1.54, 1.807) is 25.3 Å². The summed E-state index contributed by atoms with van der Waals surface area (Å²) in [6.45, 7) is 0.801. The number of rotatable bonds is 3. The van der Waals surface area contributed by atoms with Crippen molar-refractivity contribution in [2.45, 2.75) is 6.54 Å². The number of ether oxygens (including phenoxy) is 1. The van der Waals surface area contributed by atoms with Gasteiger partial charge in [-0.1, -0.05) is 5.21 Å². The third-order valence-corrected chi connectivity index (χ3v) is 2.25. The Hall–Kier alpha value is -1.95. The predicted octanol–water partition coefficient (Wildman–Crippen LogP) is 0.0201. The lowest BCUT2D eigenvalue weighted by molar-refractivity contribution is 0.181. The number of anilines is 1. The van der Waals surface area contributed by atoms with Gasteiger partial charge in [0, 0.05) is 12.8 Å². The van der Waals surface area contributed by atoms with E-state index in [1.165, 1.54) is 4.68 Å². The summed E-state index contributed by atoms with van der Waals surface area (Å²) in [6, 6.07) is 4.98. The molecule has 0 radical (unpaired) electrons. The van der Waals surface area contributed by atoms with Crippen LogP contribution in [-0.4, -0.2) is 28.7 Å². The Morgan fingerprint density at radius 2 is 2.31 bits per heavy atom. The lowest BCUT2D eigenvalue weighted by Gasteiger charge is -2.04. The lowest BCUT2D eigenvalue weighted by atomic mass is 10.2. The molecule has 2 aromatic rings. The summed E-state index contributed by atoms with van der Waals surface area (Å²) in [5, 5.41) is 8.22. The second-order valence-electron chi connectivity index (χ2n) is 3.39. The fourth-order valence-electron chi connectivity index (χ4n) is 1.42. The van der Waals surface area contributed by atoms with E-state index in [0.717, 1.165) is 0 Å². The maximum atomic E-state index is 11.9. The van der Waals surface area contributed by atoms with Gasteiger partial charge >= 0.3 is 0 Å². The fourth-order valence-corrected chi connectivity index (χ4v) is 1.42. The van der Waals surface area contributed by atoms with Crippen molar-refractivity contribution >= 4 is 16.6 Å². The molecule has 0 aliphatic rings. The number of nitrogens with zero attached hydrogens (tertiary/aromatic N) is 3. The van der Waals surface area contributed by atoms with E-state index in [-0.39, 0.29) is 5.56 Å². The molecule has 0 saturated carbocycles. The Morgan fingerprint density at radius 1 is 1.50 bits per heavy atom. The Kier molecular flexibility index (Phi) is 2.82. The highest BCUT2D eigenvalue weighted by Gasteiger charge is 2.05. The number of aromatic nitrogens is 3. The maximum Gasteiger partial charge on any atom is 0.277 e. The number of hydrogen-bond acceptors (Lipinski definition) is 5. The normalized spacial score (nSPS) is 10.8. The molecule has 0 bridgehead atoms. The van der Waals surface area contributed by atoms with Crippen LogP contribution in [0.15, 0.2) is 23.0 Å². The van der Waals surface area contributed by atoms with Crippen LogP contribution in [0.4, 0.5) is 5.69 Å². The number of nitrogen functional groups attached to an aromatic ring is 1. The first kappa shape index (κ1) is 10.6. The van der Waals surface area contributed by atoms with Gasteiger partial charge in [-0.05, 0) is 18.2 Å². The first-order chi connectivity index (χ1) is 7.72. The number of nitrogens with two attached hydrogens (primary N) is 1. The second kappa shape index (κ2) is 4.28. The minimum absolute atomic E-state index is 0.200. The number of methoxy groups -OCH3 is 1. The third kappa shape index (κ3) is 1.87. The Labute approximate surface area is 91.6 Å². The molecule has 6 nitrogen and oxygen atoms in total. The molecule has 0 aliphatic heterocycles. The van der Waals surface area contributed by atoms with E-state index in [9.17, 15) is 4.79 Å². The minimum atomic E-state index is -0.200. The van der Waals surface area contributed by atoms with Gasteiger partial charge < -0.3 is 10.5 Å². The van der Waals surface area contributed by atoms with Gasteiger partial charge in [-0.25, -0.2) is 4.68 Å². The van der Waals surface area contributed by atoms with E-state index in [4.69, 9.17) is 10.5 Å². The predicted molar refractivity (Wildman–Crippen MR) is 60.1 cm³/mol. The molecule has 84 valence electrons. The summed E-state index contributed by atoms with van der Waals surface area (Å²) < 4.78 is 6.15. The molecule has 1 aromatic heterocycles. The molecule has 16 heavy (non-hydrogen) atoms. The van der Waals surface area contributed by atoms with E-state index >= 15 is 0 Å². The van der Waals surface area contributed by atoms with Crippen molar-refractivity contribution in [3.05, 3.63) is 28.6 Å². The van der Waals surface area contributed by atoms with Gasteiger partial charge in [0.25, 0.3) is 5.56 Å². The Morgan fingerprint density at radius 3 is 3.06 bits per heavy atom. The fraction of sp³-hybridized carbons (Fsp3) is 0.300. The Balaban J connectivity index is 2.55. The molecule has 0 unspecified atom stereocenters. The van der Waals surface area contributed by atoms with Crippen LogP contribution in [0.3, 0.4) is 0 Å². The molecule has 6 heteroatoms. The van der Waals surface area contributed by atoms with E-state index in [2.05, 4.69) is 10.3 Å². The standard InChI is InChI=1S/C10H12N4O2/c1-16-5-4-14-10(15)8-6-7(11)2-3-9(8)12-13-14/h2-3,6H,4-5,11H2,1H3. The summed E-state index contributed by atoms with van der Waals surface area (Å²) in [7, 11) is 1.57. The summed E-state index contributed by atoms with van der Waals surface area (Å²) in [5.41, 5.74) is 6.51.